The van der Waals surface area contributed by atoms with E-state index in [0.29, 0.717) is 0 Å². The van der Waals surface area contributed by atoms with E-state index < -0.39 is 6.60 Å². The fraction of sp³-hybridized carbons (Fsp3) is 0.263. The molecule has 5 heteroatoms. The third-order valence-corrected chi connectivity index (χ3v) is 3.41. The predicted octanol–water partition coefficient (Wildman–Crippen LogP) is 0.931. The zero-order chi connectivity index (χ0) is 18.4. The SMILES string of the molecule is C#CB(C#C)B(C#CC)B(B(C#CC)C#CC)B(C#CC)C#CC. The van der Waals surface area contributed by atoms with Crippen LogP contribution in [0.5, 0.6) is 0 Å². The van der Waals surface area contributed by atoms with Crippen LogP contribution in [0.1, 0.15) is 34.6 Å². The molecule has 0 radical (unpaired) electrons. The zero-order valence-electron chi connectivity index (χ0n) is 15.0. The molecule has 108 valence electrons. The van der Waals surface area contributed by atoms with Crippen molar-refractivity contribution in [3.05, 3.63) is 0 Å². The van der Waals surface area contributed by atoms with Crippen molar-refractivity contribution < 1.29 is 0 Å². The summed E-state index contributed by atoms with van der Waals surface area (Å²) in [7, 11) is 0. The Bertz CT molecular complexity index is 718. The Morgan fingerprint density at radius 1 is 0.500 bits per heavy atom. The Labute approximate surface area is 150 Å². The molecule has 0 aromatic rings. The highest BCUT2D eigenvalue weighted by molar-refractivity contribution is 7.86. The van der Waals surface area contributed by atoms with Gasteiger partial charge in [-0.15, -0.1) is 77.4 Å². The highest BCUT2D eigenvalue weighted by Gasteiger charge is 2.47. The van der Waals surface area contributed by atoms with Crippen molar-refractivity contribution >= 4 is 32.7 Å². The fourth-order valence-corrected chi connectivity index (χ4v) is 2.51. The van der Waals surface area contributed by atoms with Crippen LogP contribution in [0.3, 0.4) is 0 Å². The maximum atomic E-state index is 5.64. The van der Waals surface area contributed by atoms with Crippen LogP contribution in [-0.2, 0) is 0 Å². The van der Waals surface area contributed by atoms with Gasteiger partial charge in [0.2, 0.25) is 0 Å². The summed E-state index contributed by atoms with van der Waals surface area (Å²) >= 11 is 0. The van der Waals surface area contributed by atoms with Crippen LogP contribution in [0.15, 0.2) is 0 Å². The van der Waals surface area contributed by atoms with Gasteiger partial charge in [0.25, 0.3) is 19.8 Å². The van der Waals surface area contributed by atoms with Crippen LogP contribution in [0.4, 0.5) is 0 Å². The third-order valence-electron chi connectivity index (χ3n) is 3.41. The van der Waals surface area contributed by atoms with Gasteiger partial charge < -0.3 is 0 Å². The van der Waals surface area contributed by atoms with Gasteiger partial charge in [0.05, 0.1) is 0 Å². The van der Waals surface area contributed by atoms with Gasteiger partial charge in [-0.25, -0.2) is 0 Å². The number of hydrogen-bond acceptors (Lipinski definition) is 0. The summed E-state index contributed by atoms with van der Waals surface area (Å²) in [5, 5.41) is 0. The molecule has 0 saturated carbocycles. The van der Waals surface area contributed by atoms with Crippen molar-refractivity contribution in [2.75, 3.05) is 0 Å². The molecule has 0 amide bonds. The summed E-state index contributed by atoms with van der Waals surface area (Å²) in [5.41, 5.74) is 0. The smallest absolute Gasteiger partial charge is 0.172 e. The molecule has 0 rings (SSSR count). The third kappa shape index (κ3) is 6.16. The van der Waals surface area contributed by atoms with Crippen molar-refractivity contribution in [2.45, 2.75) is 34.6 Å². The lowest BCUT2D eigenvalue weighted by molar-refractivity contribution is 1.92. The van der Waals surface area contributed by atoms with Crippen molar-refractivity contribution in [1.82, 2.24) is 0 Å². The van der Waals surface area contributed by atoms with Gasteiger partial charge in [-0.3, -0.25) is 0 Å². The highest BCUT2D eigenvalue weighted by atomic mass is 13.6. The monoisotopic (exact) mass is 300 g/mol. The second kappa shape index (κ2) is 12.8. The van der Waals surface area contributed by atoms with Crippen LogP contribution < -0.4 is 0 Å². The summed E-state index contributed by atoms with van der Waals surface area (Å²) in [6.45, 7) is 7.70. The van der Waals surface area contributed by atoms with E-state index in [4.69, 9.17) is 12.8 Å². The van der Waals surface area contributed by atoms with Crippen molar-refractivity contribution in [1.29, 1.82) is 0 Å². The Hall–Kier alpha value is -2.76. The maximum absolute atomic E-state index is 5.64. The highest BCUT2D eigenvalue weighted by Crippen LogP contribution is 2.05. The molecular weight excluding hydrogens is 282 g/mol. The van der Waals surface area contributed by atoms with Gasteiger partial charge in [0.1, 0.15) is 6.39 Å². The van der Waals surface area contributed by atoms with Crippen molar-refractivity contribution in [3.8, 4) is 83.2 Å². The average Bonchev–Trinajstić information content (AvgIpc) is 2.57. The quantitative estimate of drug-likeness (QED) is 0.535. The molecule has 0 heterocycles. The first-order valence-corrected chi connectivity index (χ1v) is 7.68. The molecule has 0 bridgehead atoms. The molecular formula is C19H17B5. The Morgan fingerprint density at radius 3 is 1.08 bits per heavy atom. The van der Waals surface area contributed by atoms with Crippen LogP contribution in [0.25, 0.3) is 0 Å². The lowest BCUT2D eigenvalue weighted by atomic mass is 8.66. The van der Waals surface area contributed by atoms with Crippen LogP contribution in [0, 0.1) is 83.2 Å². The second-order valence-electron chi connectivity index (χ2n) is 4.84. The molecule has 0 atom stereocenters. The summed E-state index contributed by atoms with van der Waals surface area (Å²) in [6, 6.07) is 0. The number of terminal acetylenes is 2. The van der Waals surface area contributed by atoms with Gasteiger partial charge in [-0.1, -0.05) is 0 Å². The van der Waals surface area contributed by atoms with E-state index in [1.165, 1.54) is 0 Å². The molecule has 0 unspecified atom stereocenters. The molecule has 24 heavy (non-hydrogen) atoms. The number of hydrogen-bond donors (Lipinski definition) is 0. The molecule has 0 N–H and O–H groups in total. The normalized spacial score (nSPS) is 6.46. The molecule has 0 nitrogen and oxygen atoms in total. The Kier molecular flexibility index (Phi) is 11.3. The lowest BCUT2D eigenvalue weighted by Crippen LogP contribution is -2.63. The van der Waals surface area contributed by atoms with Gasteiger partial charge in [0, 0.05) is 0 Å². The molecule has 0 saturated heterocycles. The first-order chi connectivity index (χ1) is 11.6. The topological polar surface area (TPSA) is 0 Å². The fourth-order valence-electron chi connectivity index (χ4n) is 2.51. The molecule has 0 aliphatic carbocycles. The first-order valence-electron chi connectivity index (χ1n) is 7.68. The molecule has 0 aliphatic rings. The van der Waals surface area contributed by atoms with E-state index in [1.807, 2.05) is 0 Å². The molecule has 0 aliphatic heterocycles. The van der Waals surface area contributed by atoms with Gasteiger partial charge in [-0.05, 0) is 34.6 Å². The van der Waals surface area contributed by atoms with Crippen LogP contribution in [-0.4, -0.2) is 32.7 Å². The van der Waals surface area contributed by atoms with Crippen molar-refractivity contribution in [2.24, 2.45) is 0 Å². The largest absolute Gasteiger partial charge is 0.287 e. The van der Waals surface area contributed by atoms with Crippen LogP contribution in [0.2, 0.25) is 0 Å². The van der Waals surface area contributed by atoms with E-state index in [-0.39, 0.29) is 26.1 Å². The lowest BCUT2D eigenvalue weighted by Gasteiger charge is -2.19. The predicted molar refractivity (Wildman–Crippen MR) is 114 cm³/mol. The van der Waals surface area contributed by atoms with Crippen LogP contribution >= 0.6 is 0 Å². The standard InChI is InChI=1S/C19H17B5/c1-8-15-21(16-9-2)24(22(17-10-3)18-11-4)23(19-12-5)20(13-6)14-7/h6-7H,1-5H3. The van der Waals surface area contributed by atoms with E-state index >= 15 is 0 Å². The average molecular weight is 299 g/mol. The van der Waals surface area contributed by atoms with E-state index in [9.17, 15) is 0 Å². The summed E-state index contributed by atoms with van der Waals surface area (Å²) < 4.78 is 0. The zero-order valence-corrected chi connectivity index (χ0v) is 15.0. The summed E-state index contributed by atoms with van der Waals surface area (Å²) in [4.78, 5) is 0. The van der Waals surface area contributed by atoms with Gasteiger partial charge >= 0.3 is 0 Å². The molecule has 0 spiro atoms. The Balaban J connectivity index is 6.52. The summed E-state index contributed by atoms with van der Waals surface area (Å²) in [6.07, 6.45) is 11.1. The second-order valence-corrected chi connectivity index (χ2v) is 4.84. The minimum Gasteiger partial charge on any atom is -0.172 e. The summed E-state index contributed by atoms with van der Waals surface area (Å²) in [5.74, 6) is 35.9. The molecule has 0 aromatic carbocycles. The minimum atomic E-state index is -0.443. The maximum Gasteiger partial charge on any atom is 0.287 e. The van der Waals surface area contributed by atoms with Gasteiger partial charge in [-0.2, -0.15) is 5.82 Å². The Morgan fingerprint density at radius 2 is 0.833 bits per heavy atom. The van der Waals surface area contributed by atoms with E-state index in [0.717, 1.165) is 0 Å². The number of rotatable bonds is 4. The van der Waals surface area contributed by atoms with E-state index in [1.54, 1.807) is 34.6 Å². The molecule has 0 fully saturated rings. The molecule has 0 aromatic heterocycles. The van der Waals surface area contributed by atoms with Gasteiger partial charge in [0.15, 0.2) is 6.49 Å². The van der Waals surface area contributed by atoms with E-state index in [2.05, 4.69) is 70.3 Å². The minimum absolute atomic E-state index is 0.172. The first kappa shape index (κ1) is 21.2. The van der Waals surface area contributed by atoms with Crippen molar-refractivity contribution in [3.63, 3.8) is 0 Å².